The van der Waals surface area contributed by atoms with Crippen molar-refractivity contribution in [2.75, 3.05) is 11.4 Å². The zero-order valence-corrected chi connectivity index (χ0v) is 19.2. The number of halogens is 2. The highest BCUT2D eigenvalue weighted by atomic mass is 35.5. The van der Waals surface area contributed by atoms with E-state index in [0.29, 0.717) is 39.3 Å². The van der Waals surface area contributed by atoms with Crippen molar-refractivity contribution in [3.63, 3.8) is 0 Å². The van der Waals surface area contributed by atoms with Crippen LogP contribution in [0.25, 0.3) is 11.2 Å². The monoisotopic (exact) mass is 469 g/mol. The molecule has 9 heteroatoms. The molecule has 0 atom stereocenters. The normalized spacial score (nSPS) is 13.6. The van der Waals surface area contributed by atoms with Crippen molar-refractivity contribution >= 4 is 46.0 Å². The third-order valence-electron chi connectivity index (χ3n) is 5.91. The van der Waals surface area contributed by atoms with E-state index in [1.165, 1.54) is 14.7 Å². The fraction of sp³-hybridized carbons (Fsp3) is 0.261. The summed E-state index contributed by atoms with van der Waals surface area (Å²) in [5.41, 5.74) is 2.81. The number of anilines is 2. The van der Waals surface area contributed by atoms with Gasteiger partial charge >= 0.3 is 5.69 Å². The summed E-state index contributed by atoms with van der Waals surface area (Å²) in [5, 5.41) is 0.905. The lowest BCUT2D eigenvalue weighted by Gasteiger charge is -2.29. The van der Waals surface area contributed by atoms with Crippen LogP contribution in [0.15, 0.2) is 52.1 Å². The highest BCUT2D eigenvalue weighted by molar-refractivity contribution is 6.35. The Hall–Kier alpha value is -3.03. The molecule has 1 aliphatic heterocycles. The number of imidazole rings is 1. The van der Waals surface area contributed by atoms with Gasteiger partial charge in [-0.3, -0.25) is 13.9 Å². The van der Waals surface area contributed by atoms with Gasteiger partial charge in [-0.05, 0) is 43.2 Å². The molecule has 164 valence electrons. The smallest absolute Gasteiger partial charge is 0.312 e. The molecule has 0 unspecified atom stereocenters. The Balaban J connectivity index is 1.69. The number of fused-ring (bicyclic) bond motifs is 3. The molecule has 4 aromatic rings. The van der Waals surface area contributed by atoms with Crippen LogP contribution in [0.2, 0.25) is 10.0 Å². The molecule has 1 aliphatic rings. The Morgan fingerprint density at radius 2 is 1.78 bits per heavy atom. The maximum Gasteiger partial charge on any atom is 0.332 e. The summed E-state index contributed by atoms with van der Waals surface area (Å²) in [6.07, 6.45) is 0.859. The molecule has 5 rings (SSSR count). The third-order valence-corrected chi connectivity index (χ3v) is 6.49. The predicted molar refractivity (Wildman–Crippen MR) is 128 cm³/mol. The van der Waals surface area contributed by atoms with E-state index in [1.807, 2.05) is 23.6 Å². The molecular formula is C23H21Cl2N5O2. The van der Waals surface area contributed by atoms with Crippen molar-refractivity contribution in [3.05, 3.63) is 84.5 Å². The van der Waals surface area contributed by atoms with Gasteiger partial charge in [0, 0.05) is 35.9 Å². The number of aromatic nitrogens is 4. The Bertz CT molecular complexity index is 1470. The molecule has 0 amide bonds. The summed E-state index contributed by atoms with van der Waals surface area (Å²) < 4.78 is 4.55. The van der Waals surface area contributed by atoms with E-state index in [9.17, 15) is 9.59 Å². The van der Waals surface area contributed by atoms with Crippen LogP contribution in [0.1, 0.15) is 17.5 Å². The Kier molecular flexibility index (Phi) is 5.10. The van der Waals surface area contributed by atoms with E-state index in [1.54, 1.807) is 25.2 Å². The van der Waals surface area contributed by atoms with Gasteiger partial charge in [-0.2, -0.15) is 4.98 Å². The molecule has 0 saturated heterocycles. The maximum absolute atomic E-state index is 13.5. The fourth-order valence-corrected chi connectivity index (χ4v) is 4.66. The topological polar surface area (TPSA) is 65.1 Å². The van der Waals surface area contributed by atoms with Crippen LogP contribution >= 0.6 is 23.2 Å². The van der Waals surface area contributed by atoms with Crippen LogP contribution in [0, 0.1) is 6.92 Å². The number of benzene rings is 2. The van der Waals surface area contributed by atoms with Crippen molar-refractivity contribution in [1.29, 1.82) is 0 Å². The van der Waals surface area contributed by atoms with E-state index in [2.05, 4.69) is 17.0 Å². The van der Waals surface area contributed by atoms with E-state index in [-0.39, 0.29) is 12.1 Å². The second-order valence-corrected chi connectivity index (χ2v) is 8.89. The molecular weight excluding hydrogens is 449 g/mol. The fourth-order valence-electron chi connectivity index (χ4n) is 4.19. The second kappa shape index (κ2) is 7.83. The first-order chi connectivity index (χ1) is 15.3. The van der Waals surface area contributed by atoms with Gasteiger partial charge in [0.15, 0.2) is 11.2 Å². The summed E-state index contributed by atoms with van der Waals surface area (Å²) in [7, 11) is 1.64. The molecule has 7 nitrogen and oxygen atoms in total. The quantitative estimate of drug-likeness (QED) is 0.452. The molecule has 0 bridgehead atoms. The second-order valence-electron chi connectivity index (χ2n) is 8.05. The number of rotatable bonds is 3. The lowest BCUT2D eigenvalue weighted by molar-refractivity contribution is 0.597. The van der Waals surface area contributed by atoms with Gasteiger partial charge in [0.05, 0.1) is 6.54 Å². The average Bonchev–Trinajstić information content (AvgIpc) is 3.17. The van der Waals surface area contributed by atoms with Gasteiger partial charge in [0.1, 0.15) is 0 Å². The predicted octanol–water partition coefficient (Wildman–Crippen LogP) is 4.10. The van der Waals surface area contributed by atoms with Crippen LogP contribution < -0.4 is 16.1 Å². The first kappa shape index (κ1) is 20.8. The largest absolute Gasteiger partial charge is 0.332 e. The first-order valence-corrected chi connectivity index (χ1v) is 11.1. The molecule has 0 spiro atoms. The number of hydrogen-bond donors (Lipinski definition) is 0. The van der Waals surface area contributed by atoms with Crippen molar-refractivity contribution in [2.45, 2.75) is 26.4 Å². The number of nitrogens with zero attached hydrogens (tertiary/aromatic N) is 5. The molecule has 0 N–H and O–H groups in total. The van der Waals surface area contributed by atoms with Crippen molar-refractivity contribution in [3.8, 4) is 0 Å². The maximum atomic E-state index is 13.5. The molecule has 3 heterocycles. The van der Waals surface area contributed by atoms with Crippen LogP contribution in [0.4, 0.5) is 11.6 Å². The minimum absolute atomic E-state index is 0.0552. The summed E-state index contributed by atoms with van der Waals surface area (Å²) in [6.45, 7) is 3.54. The Morgan fingerprint density at radius 1 is 1.03 bits per heavy atom. The van der Waals surface area contributed by atoms with Crippen molar-refractivity contribution in [1.82, 2.24) is 18.7 Å². The molecule has 2 aromatic heterocycles. The van der Waals surface area contributed by atoms with E-state index in [4.69, 9.17) is 28.2 Å². The average molecular weight is 470 g/mol. The van der Waals surface area contributed by atoms with Gasteiger partial charge in [-0.15, -0.1) is 0 Å². The van der Waals surface area contributed by atoms with Crippen LogP contribution in [-0.2, 0) is 20.1 Å². The van der Waals surface area contributed by atoms with Crippen LogP contribution in [0.3, 0.4) is 0 Å². The Labute approximate surface area is 194 Å². The SMILES string of the molecule is Cc1ccc(N2CCCn3c2nc2c3c(=O)n(Cc3ccc(Cl)cc3Cl)c(=O)n2C)cc1. The summed E-state index contributed by atoms with van der Waals surface area (Å²) in [6, 6.07) is 13.2. The molecule has 0 aliphatic carbocycles. The highest BCUT2D eigenvalue weighted by Gasteiger charge is 2.27. The first-order valence-electron chi connectivity index (χ1n) is 10.3. The molecule has 0 saturated carbocycles. The van der Waals surface area contributed by atoms with E-state index in [0.717, 1.165) is 18.7 Å². The zero-order valence-electron chi connectivity index (χ0n) is 17.7. The zero-order chi connectivity index (χ0) is 22.6. The molecule has 0 radical (unpaired) electrons. The van der Waals surface area contributed by atoms with Crippen molar-refractivity contribution in [2.24, 2.45) is 7.05 Å². The number of aryl methyl sites for hydroxylation is 3. The lowest BCUT2D eigenvalue weighted by Crippen LogP contribution is -2.40. The van der Waals surface area contributed by atoms with Crippen molar-refractivity contribution < 1.29 is 0 Å². The lowest BCUT2D eigenvalue weighted by atomic mass is 10.2. The molecule has 2 aromatic carbocycles. The standard InChI is InChI=1S/C23H21Cl2N5O2/c1-14-4-8-17(9-5-14)28-10-3-11-29-19-20(26-22(28)29)27(2)23(32)30(21(19)31)13-15-6-7-16(24)12-18(15)25/h4-9,12H,3,10-11,13H2,1-2H3. The van der Waals surface area contributed by atoms with Gasteiger partial charge in [0.25, 0.3) is 5.56 Å². The van der Waals surface area contributed by atoms with E-state index < -0.39 is 5.69 Å². The summed E-state index contributed by atoms with van der Waals surface area (Å²) in [5.74, 6) is 0.671. The van der Waals surface area contributed by atoms with Gasteiger partial charge in [-0.1, -0.05) is 47.0 Å². The Morgan fingerprint density at radius 3 is 2.50 bits per heavy atom. The minimum atomic E-state index is -0.439. The summed E-state index contributed by atoms with van der Waals surface area (Å²) >= 11 is 12.3. The van der Waals surface area contributed by atoms with Gasteiger partial charge in [0.2, 0.25) is 5.95 Å². The highest BCUT2D eigenvalue weighted by Crippen LogP contribution is 2.31. The van der Waals surface area contributed by atoms with Crippen LogP contribution in [-0.4, -0.2) is 25.2 Å². The molecule has 0 fully saturated rings. The summed E-state index contributed by atoms with van der Waals surface area (Å²) in [4.78, 5) is 33.4. The number of hydrogen-bond acceptors (Lipinski definition) is 4. The minimum Gasteiger partial charge on any atom is -0.312 e. The van der Waals surface area contributed by atoms with Crippen LogP contribution in [0.5, 0.6) is 0 Å². The van der Waals surface area contributed by atoms with Gasteiger partial charge < -0.3 is 9.47 Å². The third kappa shape index (κ3) is 3.32. The van der Waals surface area contributed by atoms with Gasteiger partial charge in [-0.25, -0.2) is 4.79 Å². The van der Waals surface area contributed by atoms with E-state index >= 15 is 0 Å². The molecule has 32 heavy (non-hydrogen) atoms.